The third-order valence-electron chi connectivity index (χ3n) is 4.14. The molecule has 0 saturated carbocycles. The smallest absolute Gasteiger partial charge is 0.217 e. The Labute approximate surface area is 127 Å². The zero-order valence-electron chi connectivity index (χ0n) is 13.3. The molecule has 2 rings (SSSR count). The van der Waals surface area contributed by atoms with E-state index in [0.29, 0.717) is 24.8 Å². The number of hydrogen-bond donors (Lipinski definition) is 1. The predicted octanol–water partition coefficient (Wildman–Crippen LogP) is 1.79. The van der Waals surface area contributed by atoms with Gasteiger partial charge in [-0.1, -0.05) is 0 Å². The van der Waals surface area contributed by atoms with E-state index in [1.807, 2.05) is 6.92 Å². The minimum atomic E-state index is -0.281. The van der Waals surface area contributed by atoms with E-state index in [2.05, 4.69) is 34.8 Å². The highest BCUT2D eigenvalue weighted by Crippen LogP contribution is 2.27. The van der Waals surface area contributed by atoms with Crippen LogP contribution in [0, 0.1) is 6.92 Å². The van der Waals surface area contributed by atoms with Gasteiger partial charge >= 0.3 is 0 Å². The van der Waals surface area contributed by atoms with Crippen LogP contribution in [0.15, 0.2) is 6.07 Å². The van der Waals surface area contributed by atoms with Crippen LogP contribution in [-0.2, 0) is 11.2 Å². The maximum absolute atomic E-state index is 10.9. The van der Waals surface area contributed by atoms with Gasteiger partial charge in [0.15, 0.2) is 0 Å². The standard InChI is InChI=1S/C16H26N4O/c1-11(2)20-8-4-5-13(10-20)15-9-14(6-7-16(17)21)18-12(3)19-15/h9,11,13H,4-8,10H2,1-3H3,(H2,17,21). The van der Waals surface area contributed by atoms with Gasteiger partial charge in [0.1, 0.15) is 5.82 Å². The average molecular weight is 290 g/mol. The third-order valence-corrected chi connectivity index (χ3v) is 4.14. The Bertz CT molecular complexity index is 501. The highest BCUT2D eigenvalue weighted by Gasteiger charge is 2.24. The minimum Gasteiger partial charge on any atom is -0.370 e. The molecular weight excluding hydrogens is 264 g/mol. The molecule has 0 spiro atoms. The van der Waals surface area contributed by atoms with Crippen molar-refractivity contribution in [3.63, 3.8) is 0 Å². The van der Waals surface area contributed by atoms with Crippen LogP contribution in [0.3, 0.4) is 0 Å². The van der Waals surface area contributed by atoms with Crippen LogP contribution in [0.1, 0.15) is 56.2 Å². The first-order chi connectivity index (χ1) is 9.95. The molecule has 0 bridgehead atoms. The highest BCUT2D eigenvalue weighted by molar-refractivity contribution is 5.73. The van der Waals surface area contributed by atoms with Crippen LogP contribution >= 0.6 is 0 Å². The van der Waals surface area contributed by atoms with Gasteiger partial charge in [0.05, 0.1) is 0 Å². The molecule has 1 amide bonds. The summed E-state index contributed by atoms with van der Waals surface area (Å²) in [5, 5.41) is 0. The second-order valence-electron chi connectivity index (χ2n) is 6.23. The van der Waals surface area contributed by atoms with E-state index in [-0.39, 0.29) is 5.91 Å². The normalized spacial score (nSPS) is 19.9. The first-order valence-electron chi connectivity index (χ1n) is 7.82. The molecule has 1 aliphatic heterocycles. The van der Waals surface area contributed by atoms with Crippen molar-refractivity contribution in [1.29, 1.82) is 0 Å². The number of aryl methyl sites for hydroxylation is 2. The molecule has 0 radical (unpaired) electrons. The monoisotopic (exact) mass is 290 g/mol. The van der Waals surface area contributed by atoms with Gasteiger partial charge in [0.2, 0.25) is 5.91 Å². The molecule has 1 atom stereocenters. The van der Waals surface area contributed by atoms with Gasteiger partial charge < -0.3 is 10.6 Å². The van der Waals surface area contributed by atoms with Gasteiger partial charge in [-0.15, -0.1) is 0 Å². The number of carbonyl (C=O) groups excluding carboxylic acids is 1. The Balaban J connectivity index is 2.13. The number of piperidine rings is 1. The molecule has 21 heavy (non-hydrogen) atoms. The van der Waals surface area contributed by atoms with E-state index < -0.39 is 0 Å². The lowest BCUT2D eigenvalue weighted by molar-refractivity contribution is -0.118. The van der Waals surface area contributed by atoms with Gasteiger partial charge in [-0.05, 0) is 52.6 Å². The fraction of sp³-hybridized carbons (Fsp3) is 0.688. The fourth-order valence-electron chi connectivity index (χ4n) is 2.96. The Hall–Kier alpha value is -1.49. The lowest BCUT2D eigenvalue weighted by atomic mass is 9.93. The SMILES string of the molecule is Cc1nc(CCC(N)=O)cc(C2CCCN(C(C)C)C2)n1. The number of hydrogen-bond acceptors (Lipinski definition) is 4. The number of rotatable bonds is 5. The van der Waals surface area contributed by atoms with Crippen LogP contribution in [-0.4, -0.2) is 39.9 Å². The van der Waals surface area contributed by atoms with Gasteiger partial charge in [-0.2, -0.15) is 0 Å². The van der Waals surface area contributed by atoms with E-state index in [1.165, 1.54) is 19.4 Å². The van der Waals surface area contributed by atoms with Crippen molar-refractivity contribution in [2.24, 2.45) is 5.73 Å². The molecule has 2 N–H and O–H groups in total. The van der Waals surface area contributed by atoms with Gasteiger partial charge in [0.25, 0.3) is 0 Å². The van der Waals surface area contributed by atoms with Crippen molar-refractivity contribution in [2.45, 2.75) is 58.4 Å². The Kier molecular flexibility index (Phi) is 5.28. The summed E-state index contributed by atoms with van der Waals surface area (Å²) in [5.74, 6) is 0.972. The van der Waals surface area contributed by atoms with E-state index >= 15 is 0 Å². The van der Waals surface area contributed by atoms with Gasteiger partial charge in [-0.3, -0.25) is 4.79 Å². The summed E-state index contributed by atoms with van der Waals surface area (Å²) in [6.45, 7) is 8.63. The summed E-state index contributed by atoms with van der Waals surface area (Å²) in [6, 6.07) is 2.63. The number of carbonyl (C=O) groups is 1. The lowest BCUT2D eigenvalue weighted by Crippen LogP contribution is -2.39. The number of nitrogens with two attached hydrogens (primary N) is 1. The molecule has 2 heterocycles. The van der Waals surface area contributed by atoms with Crippen molar-refractivity contribution >= 4 is 5.91 Å². The molecule has 1 aromatic rings. The Morgan fingerprint density at radius 2 is 2.24 bits per heavy atom. The molecule has 5 heteroatoms. The lowest BCUT2D eigenvalue weighted by Gasteiger charge is -2.35. The fourth-order valence-corrected chi connectivity index (χ4v) is 2.96. The molecule has 1 saturated heterocycles. The minimum absolute atomic E-state index is 0.281. The molecular formula is C16H26N4O. The van der Waals surface area contributed by atoms with Crippen LogP contribution in [0.25, 0.3) is 0 Å². The van der Waals surface area contributed by atoms with Gasteiger partial charge in [-0.25, -0.2) is 9.97 Å². The van der Waals surface area contributed by atoms with E-state index in [1.54, 1.807) is 0 Å². The molecule has 1 aromatic heterocycles. The molecule has 0 aromatic carbocycles. The van der Waals surface area contributed by atoms with Crippen LogP contribution < -0.4 is 5.73 Å². The molecule has 1 aliphatic rings. The third kappa shape index (κ3) is 4.49. The number of primary amides is 1. The van der Waals surface area contributed by atoms with Crippen LogP contribution in [0.2, 0.25) is 0 Å². The zero-order chi connectivity index (χ0) is 15.4. The molecule has 1 fully saturated rings. The topological polar surface area (TPSA) is 72.1 Å². The van der Waals surface area contributed by atoms with Crippen molar-refractivity contribution in [1.82, 2.24) is 14.9 Å². The van der Waals surface area contributed by atoms with E-state index in [4.69, 9.17) is 5.73 Å². The summed E-state index contributed by atoms with van der Waals surface area (Å²) in [5.41, 5.74) is 7.27. The largest absolute Gasteiger partial charge is 0.370 e. The van der Waals surface area contributed by atoms with Crippen molar-refractivity contribution in [3.8, 4) is 0 Å². The van der Waals surface area contributed by atoms with Crippen LogP contribution in [0.4, 0.5) is 0 Å². The maximum Gasteiger partial charge on any atom is 0.217 e. The van der Waals surface area contributed by atoms with Crippen molar-refractivity contribution in [2.75, 3.05) is 13.1 Å². The van der Waals surface area contributed by atoms with Crippen molar-refractivity contribution < 1.29 is 4.79 Å². The van der Waals surface area contributed by atoms with E-state index in [9.17, 15) is 4.79 Å². The summed E-state index contributed by atoms with van der Waals surface area (Å²) < 4.78 is 0. The predicted molar refractivity (Wildman–Crippen MR) is 83.0 cm³/mol. The second-order valence-corrected chi connectivity index (χ2v) is 6.23. The summed E-state index contributed by atoms with van der Waals surface area (Å²) in [7, 11) is 0. The summed E-state index contributed by atoms with van der Waals surface area (Å²) in [6.07, 6.45) is 3.34. The summed E-state index contributed by atoms with van der Waals surface area (Å²) >= 11 is 0. The molecule has 5 nitrogen and oxygen atoms in total. The van der Waals surface area contributed by atoms with E-state index in [0.717, 1.165) is 23.8 Å². The van der Waals surface area contributed by atoms with Crippen LogP contribution in [0.5, 0.6) is 0 Å². The Morgan fingerprint density at radius 3 is 2.90 bits per heavy atom. The number of amides is 1. The highest BCUT2D eigenvalue weighted by atomic mass is 16.1. The summed E-state index contributed by atoms with van der Waals surface area (Å²) in [4.78, 5) is 22.5. The quantitative estimate of drug-likeness (QED) is 0.897. The molecule has 116 valence electrons. The molecule has 0 aliphatic carbocycles. The molecule has 1 unspecified atom stereocenters. The number of aromatic nitrogens is 2. The zero-order valence-corrected chi connectivity index (χ0v) is 13.3. The van der Waals surface area contributed by atoms with Crippen molar-refractivity contribution in [3.05, 3.63) is 23.3 Å². The van der Waals surface area contributed by atoms with Gasteiger partial charge in [0, 0.05) is 36.3 Å². The average Bonchev–Trinajstić information content (AvgIpc) is 2.44. The number of likely N-dealkylation sites (tertiary alicyclic amines) is 1. The number of nitrogens with zero attached hydrogens (tertiary/aromatic N) is 3. The first kappa shape index (κ1) is 15.9. The maximum atomic E-state index is 10.9. The first-order valence-corrected chi connectivity index (χ1v) is 7.82. The second kappa shape index (κ2) is 6.98. The Morgan fingerprint density at radius 1 is 1.48 bits per heavy atom.